The van der Waals surface area contributed by atoms with E-state index < -0.39 is 5.82 Å². The van der Waals surface area contributed by atoms with Crippen molar-refractivity contribution in [1.29, 1.82) is 0 Å². The second-order valence-corrected chi connectivity index (χ2v) is 6.20. The van der Waals surface area contributed by atoms with Crippen molar-refractivity contribution in [2.45, 2.75) is 13.8 Å². The van der Waals surface area contributed by atoms with Crippen LogP contribution in [-0.2, 0) is 4.79 Å². The number of carbonyl (C=O) groups is 1. The first-order valence-corrected chi connectivity index (χ1v) is 7.71. The Morgan fingerprint density at radius 2 is 2.27 bits per heavy atom. The highest BCUT2D eigenvalue weighted by Gasteiger charge is 2.06. The number of nitrogens with zero attached hydrogens (tertiary/aromatic N) is 2. The van der Waals surface area contributed by atoms with E-state index in [0.717, 1.165) is 4.47 Å². The number of amides is 1. The number of benzene rings is 1. The average Bonchev–Trinajstić information content (AvgIpc) is 2.89. The Kier molecular flexibility index (Phi) is 5.49. The summed E-state index contributed by atoms with van der Waals surface area (Å²) < 4.78 is 16.3. The van der Waals surface area contributed by atoms with Crippen LogP contribution < -0.4 is 5.32 Å². The van der Waals surface area contributed by atoms with E-state index in [2.05, 4.69) is 26.3 Å². The van der Waals surface area contributed by atoms with Crippen LogP contribution >= 0.6 is 15.9 Å². The van der Waals surface area contributed by atoms with Crippen molar-refractivity contribution < 1.29 is 9.18 Å². The van der Waals surface area contributed by atoms with Gasteiger partial charge in [-0.05, 0) is 45.6 Å². The van der Waals surface area contributed by atoms with Crippen LogP contribution in [0.3, 0.4) is 0 Å². The van der Waals surface area contributed by atoms with Gasteiger partial charge in [-0.25, -0.2) is 9.07 Å². The molecule has 0 fully saturated rings. The van der Waals surface area contributed by atoms with Crippen molar-refractivity contribution in [2.24, 2.45) is 5.92 Å². The lowest BCUT2D eigenvalue weighted by atomic mass is 10.2. The topological polar surface area (TPSA) is 46.9 Å². The number of halogens is 2. The molecule has 116 valence electrons. The number of hydrogen-bond acceptors (Lipinski definition) is 2. The van der Waals surface area contributed by atoms with Gasteiger partial charge < -0.3 is 5.32 Å². The molecule has 1 aromatic heterocycles. The standard InChI is InChI=1S/C16H17BrFN3O/c1-11(2)8-19-16(22)6-4-12-3-5-15(14(18)7-12)21-10-13(17)9-20-21/h3-7,9-11H,8H2,1-2H3,(H,19,22)/b6-4+. The van der Waals surface area contributed by atoms with Crippen LogP contribution in [0, 0.1) is 11.7 Å². The van der Waals surface area contributed by atoms with Crippen LogP contribution in [0.5, 0.6) is 0 Å². The van der Waals surface area contributed by atoms with E-state index >= 15 is 0 Å². The fourth-order valence-electron chi connectivity index (χ4n) is 1.78. The van der Waals surface area contributed by atoms with Crippen molar-refractivity contribution in [3.63, 3.8) is 0 Å². The maximum Gasteiger partial charge on any atom is 0.244 e. The molecular weight excluding hydrogens is 349 g/mol. The molecule has 0 atom stereocenters. The van der Waals surface area contributed by atoms with Crippen LogP contribution in [0.4, 0.5) is 4.39 Å². The van der Waals surface area contributed by atoms with Crippen LogP contribution in [0.2, 0.25) is 0 Å². The fourth-order valence-corrected chi connectivity index (χ4v) is 2.07. The molecule has 22 heavy (non-hydrogen) atoms. The number of nitrogens with one attached hydrogen (secondary N) is 1. The van der Waals surface area contributed by atoms with Gasteiger partial charge in [0.05, 0.1) is 10.7 Å². The van der Waals surface area contributed by atoms with Gasteiger partial charge in [0.1, 0.15) is 11.5 Å². The van der Waals surface area contributed by atoms with E-state index in [1.165, 1.54) is 16.8 Å². The Bertz CT molecular complexity index is 694. The highest BCUT2D eigenvalue weighted by atomic mass is 79.9. The molecule has 1 amide bonds. The van der Waals surface area contributed by atoms with Gasteiger partial charge >= 0.3 is 0 Å². The van der Waals surface area contributed by atoms with E-state index in [1.54, 1.807) is 30.6 Å². The zero-order valence-corrected chi connectivity index (χ0v) is 14.0. The van der Waals surface area contributed by atoms with Crippen molar-refractivity contribution in [2.75, 3.05) is 6.54 Å². The highest BCUT2D eigenvalue weighted by Crippen LogP contribution is 2.17. The zero-order valence-electron chi connectivity index (χ0n) is 12.4. The lowest BCUT2D eigenvalue weighted by Crippen LogP contribution is -2.25. The SMILES string of the molecule is CC(C)CNC(=O)/C=C/c1ccc(-n2cc(Br)cn2)c(F)c1. The molecule has 4 nitrogen and oxygen atoms in total. The summed E-state index contributed by atoms with van der Waals surface area (Å²) in [6.45, 7) is 4.65. The van der Waals surface area contributed by atoms with Gasteiger partial charge in [-0.15, -0.1) is 0 Å². The fraction of sp³-hybridized carbons (Fsp3) is 0.250. The summed E-state index contributed by atoms with van der Waals surface area (Å²) in [6, 6.07) is 4.73. The summed E-state index contributed by atoms with van der Waals surface area (Å²) in [5, 5.41) is 6.81. The summed E-state index contributed by atoms with van der Waals surface area (Å²) >= 11 is 3.27. The van der Waals surface area contributed by atoms with Crippen LogP contribution in [0.25, 0.3) is 11.8 Å². The Labute approximate surface area is 137 Å². The number of aromatic nitrogens is 2. The lowest BCUT2D eigenvalue weighted by Gasteiger charge is -2.05. The molecule has 6 heteroatoms. The first-order valence-electron chi connectivity index (χ1n) is 6.91. The average molecular weight is 366 g/mol. The molecule has 0 spiro atoms. The lowest BCUT2D eigenvalue weighted by molar-refractivity contribution is -0.116. The number of hydrogen-bond donors (Lipinski definition) is 1. The third-order valence-electron chi connectivity index (χ3n) is 2.88. The maximum atomic E-state index is 14.1. The Morgan fingerprint density at radius 3 is 2.86 bits per heavy atom. The first-order chi connectivity index (χ1) is 10.5. The molecule has 0 saturated heterocycles. The van der Waals surface area contributed by atoms with Crippen molar-refractivity contribution in [3.8, 4) is 5.69 Å². The molecule has 0 bridgehead atoms. The summed E-state index contributed by atoms with van der Waals surface area (Å²) in [5.74, 6) is -0.197. The molecule has 0 aliphatic heterocycles. The molecule has 0 aliphatic carbocycles. The van der Waals surface area contributed by atoms with Gasteiger partial charge in [-0.1, -0.05) is 19.9 Å². The van der Waals surface area contributed by atoms with Gasteiger partial charge in [0.15, 0.2) is 0 Å². The molecular formula is C16H17BrFN3O. The van der Waals surface area contributed by atoms with Gasteiger partial charge in [0.25, 0.3) is 0 Å². The monoisotopic (exact) mass is 365 g/mol. The third-order valence-corrected chi connectivity index (χ3v) is 3.29. The quantitative estimate of drug-likeness (QED) is 0.823. The molecule has 0 saturated carbocycles. The predicted octanol–water partition coefficient (Wildman–Crippen LogP) is 3.56. The van der Waals surface area contributed by atoms with Crippen LogP contribution in [0.1, 0.15) is 19.4 Å². The highest BCUT2D eigenvalue weighted by molar-refractivity contribution is 9.10. The molecule has 1 aromatic carbocycles. The normalized spacial score (nSPS) is 11.3. The minimum atomic E-state index is -0.402. The molecule has 0 aliphatic rings. The first kappa shape index (κ1) is 16.4. The van der Waals surface area contributed by atoms with E-state index in [4.69, 9.17) is 0 Å². The van der Waals surface area contributed by atoms with Crippen molar-refractivity contribution in [1.82, 2.24) is 15.1 Å². The van der Waals surface area contributed by atoms with Crippen LogP contribution in [0.15, 0.2) is 41.1 Å². The van der Waals surface area contributed by atoms with Crippen molar-refractivity contribution in [3.05, 3.63) is 52.5 Å². The Balaban J connectivity index is 2.08. The second kappa shape index (κ2) is 7.35. The third kappa shape index (κ3) is 4.53. The smallest absolute Gasteiger partial charge is 0.244 e. The summed E-state index contributed by atoms with van der Waals surface area (Å²) in [6.07, 6.45) is 6.25. The molecule has 0 radical (unpaired) electrons. The minimum Gasteiger partial charge on any atom is -0.352 e. The van der Waals surface area contributed by atoms with Gasteiger partial charge in [-0.3, -0.25) is 4.79 Å². The molecule has 1 heterocycles. The minimum absolute atomic E-state index is 0.186. The Hall–Kier alpha value is -1.95. The second-order valence-electron chi connectivity index (χ2n) is 5.29. The van der Waals surface area contributed by atoms with E-state index in [-0.39, 0.29) is 5.91 Å². The Morgan fingerprint density at radius 1 is 1.50 bits per heavy atom. The summed E-state index contributed by atoms with van der Waals surface area (Å²) in [4.78, 5) is 11.6. The largest absolute Gasteiger partial charge is 0.352 e. The number of carbonyl (C=O) groups excluding carboxylic acids is 1. The molecule has 0 unspecified atom stereocenters. The van der Waals surface area contributed by atoms with Crippen LogP contribution in [-0.4, -0.2) is 22.2 Å². The molecule has 2 rings (SSSR count). The maximum absolute atomic E-state index is 14.1. The summed E-state index contributed by atoms with van der Waals surface area (Å²) in [7, 11) is 0. The molecule has 2 aromatic rings. The summed E-state index contributed by atoms with van der Waals surface area (Å²) in [5.41, 5.74) is 0.972. The van der Waals surface area contributed by atoms with Gasteiger partial charge in [0.2, 0.25) is 5.91 Å². The predicted molar refractivity (Wildman–Crippen MR) is 88.1 cm³/mol. The zero-order chi connectivity index (χ0) is 16.1. The van der Waals surface area contributed by atoms with Crippen molar-refractivity contribution >= 4 is 27.9 Å². The van der Waals surface area contributed by atoms with E-state index in [1.807, 2.05) is 13.8 Å². The molecule has 1 N–H and O–H groups in total. The van der Waals surface area contributed by atoms with Gasteiger partial charge in [0, 0.05) is 18.8 Å². The number of rotatable bonds is 5. The van der Waals surface area contributed by atoms with E-state index in [0.29, 0.717) is 23.7 Å². The van der Waals surface area contributed by atoms with E-state index in [9.17, 15) is 9.18 Å². The van der Waals surface area contributed by atoms with Gasteiger partial charge in [-0.2, -0.15) is 5.10 Å².